The molecule has 0 N–H and O–H groups in total. The monoisotopic (exact) mass is 545 g/mol. The zero-order valence-corrected chi connectivity index (χ0v) is 22.1. The van der Waals surface area contributed by atoms with E-state index in [1.165, 1.54) is 12.0 Å². The number of hydrogen-bond acceptors (Lipinski definition) is 6. The molecule has 4 aromatic rings. The van der Waals surface area contributed by atoms with Crippen LogP contribution in [-0.2, 0) is 11.4 Å². The van der Waals surface area contributed by atoms with Gasteiger partial charge in [0.25, 0.3) is 11.1 Å². The molecule has 0 aromatic heterocycles. The number of carbonyl (C=O) groups excluding carboxylic acids is 2. The number of fused-ring (bicyclic) bond motifs is 1. The van der Waals surface area contributed by atoms with Gasteiger partial charge in [0.05, 0.1) is 23.6 Å². The molecule has 0 spiro atoms. The van der Waals surface area contributed by atoms with Gasteiger partial charge >= 0.3 is 0 Å². The third-order valence-corrected chi connectivity index (χ3v) is 7.16. The fourth-order valence-corrected chi connectivity index (χ4v) is 5.24. The van der Waals surface area contributed by atoms with Crippen LogP contribution in [0.2, 0.25) is 5.02 Å². The molecule has 6 nitrogen and oxygen atoms in total. The average molecular weight is 546 g/mol. The molecule has 4 aromatic carbocycles. The molecule has 0 aliphatic carbocycles. The lowest BCUT2D eigenvalue weighted by Gasteiger charge is -2.14. The van der Waals surface area contributed by atoms with Crippen molar-refractivity contribution in [2.45, 2.75) is 6.61 Å². The molecule has 0 bridgehead atoms. The molecular weight excluding hydrogens is 522 g/mol. The highest BCUT2D eigenvalue weighted by Gasteiger charge is 2.35. The molecule has 1 fully saturated rings. The molecule has 0 radical (unpaired) electrons. The van der Waals surface area contributed by atoms with Crippen LogP contribution in [-0.4, -0.2) is 36.3 Å². The van der Waals surface area contributed by atoms with Crippen molar-refractivity contribution in [2.24, 2.45) is 0 Å². The molecule has 1 saturated heterocycles. The number of rotatable bonds is 9. The summed E-state index contributed by atoms with van der Waals surface area (Å²) in [4.78, 5) is 27.1. The molecule has 38 heavy (non-hydrogen) atoms. The number of nitrogens with zero attached hydrogens (tertiary/aromatic N) is 1. The number of amides is 2. The van der Waals surface area contributed by atoms with Crippen LogP contribution in [0.3, 0.4) is 0 Å². The van der Waals surface area contributed by atoms with E-state index in [4.69, 9.17) is 25.8 Å². The zero-order chi connectivity index (χ0) is 26.5. The average Bonchev–Trinajstić information content (AvgIpc) is 3.20. The van der Waals surface area contributed by atoms with Gasteiger partial charge in [0.2, 0.25) is 0 Å². The van der Waals surface area contributed by atoms with Crippen molar-refractivity contribution in [3.8, 4) is 17.2 Å². The summed E-state index contributed by atoms with van der Waals surface area (Å²) in [5.74, 6) is 1.18. The van der Waals surface area contributed by atoms with E-state index in [1.807, 2.05) is 72.8 Å². The van der Waals surface area contributed by atoms with Crippen LogP contribution in [0, 0.1) is 0 Å². The second kappa shape index (κ2) is 11.6. The number of halogens is 1. The molecule has 1 heterocycles. The van der Waals surface area contributed by atoms with E-state index < -0.39 is 0 Å². The number of hydrogen-bond donors (Lipinski definition) is 0. The smallest absolute Gasteiger partial charge is 0.293 e. The third kappa shape index (κ3) is 5.64. The quantitative estimate of drug-likeness (QED) is 0.207. The summed E-state index contributed by atoms with van der Waals surface area (Å²) in [5, 5.41) is 2.04. The number of ether oxygens (including phenoxy) is 3. The van der Waals surface area contributed by atoms with Gasteiger partial charge in [-0.25, -0.2) is 0 Å². The summed E-state index contributed by atoms with van der Waals surface area (Å²) < 4.78 is 17.3. The van der Waals surface area contributed by atoms with E-state index in [0.717, 1.165) is 28.1 Å². The second-order valence-electron chi connectivity index (χ2n) is 8.47. The van der Waals surface area contributed by atoms with Crippen molar-refractivity contribution in [3.05, 3.63) is 106 Å². The van der Waals surface area contributed by atoms with Crippen LogP contribution >= 0.6 is 23.4 Å². The maximum absolute atomic E-state index is 13.0. The van der Waals surface area contributed by atoms with Gasteiger partial charge in [-0.2, -0.15) is 0 Å². The van der Waals surface area contributed by atoms with Gasteiger partial charge in [-0.3, -0.25) is 14.5 Å². The number of carbonyl (C=O) groups is 2. The molecule has 2 amide bonds. The van der Waals surface area contributed by atoms with Gasteiger partial charge in [0.1, 0.15) is 19.0 Å². The largest absolute Gasteiger partial charge is 0.493 e. The van der Waals surface area contributed by atoms with Gasteiger partial charge in [-0.1, -0.05) is 78.3 Å². The summed E-state index contributed by atoms with van der Waals surface area (Å²) in [6, 6.07) is 26.8. The minimum atomic E-state index is -0.374. The highest BCUT2D eigenvalue weighted by atomic mass is 35.5. The van der Waals surface area contributed by atoms with Crippen molar-refractivity contribution in [1.29, 1.82) is 0 Å². The number of imide groups is 1. The van der Waals surface area contributed by atoms with Crippen molar-refractivity contribution in [3.63, 3.8) is 0 Å². The Morgan fingerprint density at radius 3 is 2.47 bits per heavy atom. The Morgan fingerprint density at radius 1 is 0.895 bits per heavy atom. The first-order chi connectivity index (χ1) is 18.5. The summed E-state index contributed by atoms with van der Waals surface area (Å²) in [7, 11) is 1.52. The van der Waals surface area contributed by atoms with Gasteiger partial charge in [-0.15, -0.1) is 0 Å². The number of methoxy groups -OCH3 is 1. The molecule has 1 aliphatic heterocycles. The zero-order valence-electron chi connectivity index (χ0n) is 20.6. The Kier molecular flexibility index (Phi) is 7.86. The topological polar surface area (TPSA) is 65.1 Å². The minimum Gasteiger partial charge on any atom is -0.493 e. The van der Waals surface area contributed by atoms with Crippen molar-refractivity contribution in [2.75, 3.05) is 20.3 Å². The summed E-state index contributed by atoms with van der Waals surface area (Å²) in [5.41, 5.74) is 1.62. The SMILES string of the molecule is COc1cc(/C=C2\SC(=O)N(CCOc3cccc4ccccc34)C2=O)cc(Cl)c1OCc1ccccc1. The second-order valence-corrected chi connectivity index (χ2v) is 9.87. The van der Waals surface area contributed by atoms with E-state index in [0.29, 0.717) is 39.3 Å². The predicted molar refractivity (Wildman–Crippen MR) is 151 cm³/mol. The van der Waals surface area contributed by atoms with E-state index in [1.54, 1.807) is 18.2 Å². The Bertz CT molecular complexity index is 1520. The molecule has 5 rings (SSSR count). The summed E-state index contributed by atoms with van der Waals surface area (Å²) in [6.45, 7) is 0.657. The highest BCUT2D eigenvalue weighted by Crippen LogP contribution is 2.39. The van der Waals surface area contributed by atoms with Gasteiger partial charge in [-0.05, 0) is 52.6 Å². The van der Waals surface area contributed by atoms with E-state index in [9.17, 15) is 9.59 Å². The first-order valence-electron chi connectivity index (χ1n) is 11.9. The van der Waals surface area contributed by atoms with E-state index in [-0.39, 0.29) is 24.3 Å². The lowest BCUT2D eigenvalue weighted by atomic mass is 10.1. The standard InChI is InChI=1S/C30H24ClNO5S/c1-35-26-17-21(16-24(31)28(26)37-19-20-8-3-2-4-9-20)18-27-29(33)32(30(34)38-27)14-15-36-25-13-7-11-22-10-5-6-12-23(22)25/h2-13,16-18H,14-15,19H2,1H3/b27-18-. The maximum atomic E-state index is 13.0. The van der Waals surface area contributed by atoms with Crippen molar-refractivity contribution in [1.82, 2.24) is 4.90 Å². The van der Waals surface area contributed by atoms with Crippen LogP contribution in [0.15, 0.2) is 89.8 Å². The van der Waals surface area contributed by atoms with Gasteiger partial charge in [0.15, 0.2) is 11.5 Å². The number of thioether (sulfide) groups is 1. The fraction of sp³-hybridized carbons (Fsp3) is 0.133. The molecule has 1 aliphatic rings. The Hall–Kier alpha value is -3.94. The van der Waals surface area contributed by atoms with E-state index >= 15 is 0 Å². The van der Waals surface area contributed by atoms with Crippen LogP contribution in [0.4, 0.5) is 4.79 Å². The van der Waals surface area contributed by atoms with E-state index in [2.05, 4.69) is 0 Å². The lowest BCUT2D eigenvalue weighted by Crippen LogP contribution is -2.32. The molecule has 0 saturated carbocycles. The van der Waals surface area contributed by atoms with Crippen LogP contribution in [0.5, 0.6) is 17.2 Å². The minimum absolute atomic E-state index is 0.140. The molecule has 192 valence electrons. The fourth-order valence-electron chi connectivity index (χ4n) is 4.11. The Labute approximate surface area is 229 Å². The lowest BCUT2D eigenvalue weighted by molar-refractivity contribution is -0.123. The van der Waals surface area contributed by atoms with Gasteiger partial charge in [0, 0.05) is 5.39 Å². The first kappa shape index (κ1) is 25.7. The van der Waals surface area contributed by atoms with Crippen molar-refractivity contribution < 1.29 is 23.8 Å². The summed E-state index contributed by atoms with van der Waals surface area (Å²) >= 11 is 7.39. The van der Waals surface area contributed by atoms with Gasteiger partial charge < -0.3 is 14.2 Å². The predicted octanol–water partition coefficient (Wildman–Crippen LogP) is 7.20. The Morgan fingerprint density at radius 2 is 1.66 bits per heavy atom. The van der Waals surface area contributed by atoms with Crippen molar-refractivity contribution >= 4 is 51.4 Å². The Balaban J connectivity index is 1.26. The molecular formula is C30H24ClNO5S. The number of benzene rings is 4. The molecule has 8 heteroatoms. The first-order valence-corrected chi connectivity index (χ1v) is 13.1. The molecule has 0 atom stereocenters. The summed E-state index contributed by atoms with van der Waals surface area (Å²) in [6.07, 6.45) is 1.63. The highest BCUT2D eigenvalue weighted by molar-refractivity contribution is 8.18. The van der Waals surface area contributed by atoms with Crippen LogP contribution in [0.25, 0.3) is 16.8 Å². The van der Waals surface area contributed by atoms with Crippen LogP contribution in [0.1, 0.15) is 11.1 Å². The maximum Gasteiger partial charge on any atom is 0.293 e. The normalized spacial score (nSPS) is 14.4. The third-order valence-electron chi connectivity index (χ3n) is 5.97. The van der Waals surface area contributed by atoms with Crippen LogP contribution < -0.4 is 14.2 Å². The molecule has 0 unspecified atom stereocenters.